The molecule has 0 aliphatic heterocycles. The molecule has 0 radical (unpaired) electrons. The van der Waals surface area contributed by atoms with E-state index in [1.165, 1.54) is 0 Å². The molecule has 0 spiro atoms. The molecule has 0 aliphatic rings. The van der Waals surface area contributed by atoms with E-state index in [0.29, 0.717) is 24.3 Å². The van der Waals surface area contributed by atoms with Crippen molar-refractivity contribution in [2.24, 2.45) is 0 Å². The van der Waals surface area contributed by atoms with Gasteiger partial charge >= 0.3 is 6.18 Å². The van der Waals surface area contributed by atoms with E-state index in [-0.39, 0.29) is 6.42 Å². The zero-order valence-electron chi connectivity index (χ0n) is 14.3. The van der Waals surface area contributed by atoms with Gasteiger partial charge in [0.2, 0.25) is 0 Å². The minimum atomic E-state index is -4.02. The number of ether oxygens (including phenoxy) is 1. The first-order valence-electron chi connectivity index (χ1n) is 8.66. The van der Waals surface area contributed by atoms with Gasteiger partial charge in [-0.2, -0.15) is 13.2 Å². The molecular formula is C18H26F3NO3. The maximum atomic E-state index is 12.0. The van der Waals surface area contributed by atoms with Crippen LogP contribution in [0.25, 0.3) is 0 Å². The summed E-state index contributed by atoms with van der Waals surface area (Å²) in [5, 5.41) is 8.52. The van der Waals surface area contributed by atoms with Crippen LogP contribution in [0.1, 0.15) is 68.1 Å². The maximum absolute atomic E-state index is 12.0. The molecule has 0 saturated carbocycles. The van der Waals surface area contributed by atoms with Crippen molar-refractivity contribution < 1.29 is 27.9 Å². The summed E-state index contributed by atoms with van der Waals surface area (Å²) >= 11 is 0. The van der Waals surface area contributed by atoms with Crippen LogP contribution in [-0.4, -0.2) is 23.9 Å². The number of nitrogens with one attached hydrogen (secondary N) is 1. The number of hydroxylamine groups is 1. The third-order valence-electron chi connectivity index (χ3n) is 3.84. The third kappa shape index (κ3) is 10.7. The Hall–Kier alpha value is -1.76. The van der Waals surface area contributed by atoms with E-state index in [4.69, 9.17) is 9.94 Å². The minimum absolute atomic E-state index is 0.232. The summed E-state index contributed by atoms with van der Waals surface area (Å²) in [4.78, 5) is 11.2. The van der Waals surface area contributed by atoms with E-state index in [1.807, 2.05) is 0 Å². The molecule has 25 heavy (non-hydrogen) atoms. The lowest BCUT2D eigenvalue weighted by molar-refractivity contribution is -0.135. The Balaban J connectivity index is 1.96. The predicted molar refractivity (Wildman–Crippen MR) is 88.8 cm³/mol. The van der Waals surface area contributed by atoms with Gasteiger partial charge in [-0.15, -0.1) is 0 Å². The lowest BCUT2D eigenvalue weighted by Crippen LogP contribution is -2.18. The fraction of sp³-hybridized carbons (Fsp3) is 0.611. The molecule has 1 amide bonds. The highest BCUT2D eigenvalue weighted by Gasteiger charge is 2.25. The first-order chi connectivity index (χ1) is 11.9. The number of rotatable bonds is 12. The van der Waals surface area contributed by atoms with E-state index in [1.54, 1.807) is 29.7 Å². The summed E-state index contributed by atoms with van der Waals surface area (Å²) in [6, 6.07) is 6.48. The predicted octanol–water partition coefficient (Wildman–Crippen LogP) is 5.26. The van der Waals surface area contributed by atoms with Crippen molar-refractivity contribution in [1.29, 1.82) is 0 Å². The van der Waals surface area contributed by atoms with Crippen LogP contribution < -0.4 is 10.2 Å². The molecule has 0 saturated heterocycles. The normalized spacial score (nSPS) is 11.4. The molecule has 1 aromatic carbocycles. The van der Waals surface area contributed by atoms with Gasteiger partial charge in [0.25, 0.3) is 5.91 Å². The second-order valence-corrected chi connectivity index (χ2v) is 6.01. The van der Waals surface area contributed by atoms with Crippen molar-refractivity contribution >= 4 is 5.91 Å². The summed E-state index contributed by atoms with van der Waals surface area (Å²) in [6.07, 6.45) is 2.05. The van der Waals surface area contributed by atoms with Gasteiger partial charge < -0.3 is 4.74 Å². The molecule has 0 atom stereocenters. The fourth-order valence-electron chi connectivity index (χ4n) is 2.45. The zero-order valence-corrected chi connectivity index (χ0v) is 14.3. The number of amides is 1. The van der Waals surface area contributed by atoms with Crippen molar-refractivity contribution in [3.8, 4) is 5.75 Å². The quantitative estimate of drug-likeness (QED) is 0.303. The SMILES string of the molecule is O=C(NO)c1ccc(OCCCCCCCCCCC(F)(F)F)cc1. The van der Waals surface area contributed by atoms with Gasteiger partial charge in [-0.1, -0.05) is 38.5 Å². The maximum Gasteiger partial charge on any atom is 0.389 e. The summed E-state index contributed by atoms with van der Waals surface area (Å²) < 4.78 is 41.4. The highest BCUT2D eigenvalue weighted by molar-refractivity contribution is 5.93. The van der Waals surface area contributed by atoms with Gasteiger partial charge in [0, 0.05) is 12.0 Å². The number of halogens is 3. The van der Waals surface area contributed by atoms with E-state index in [9.17, 15) is 18.0 Å². The van der Waals surface area contributed by atoms with Crippen LogP contribution in [0.5, 0.6) is 5.75 Å². The van der Waals surface area contributed by atoms with Crippen LogP contribution >= 0.6 is 0 Å². The smallest absolute Gasteiger partial charge is 0.389 e. The Morgan fingerprint density at radius 1 is 0.920 bits per heavy atom. The lowest BCUT2D eigenvalue weighted by Gasteiger charge is -2.07. The summed E-state index contributed by atoms with van der Waals surface area (Å²) in [5.41, 5.74) is 1.92. The lowest BCUT2D eigenvalue weighted by atomic mass is 10.1. The minimum Gasteiger partial charge on any atom is -0.494 e. The monoisotopic (exact) mass is 361 g/mol. The summed E-state index contributed by atoms with van der Waals surface area (Å²) in [7, 11) is 0. The molecular weight excluding hydrogens is 335 g/mol. The van der Waals surface area contributed by atoms with Crippen molar-refractivity contribution in [2.75, 3.05) is 6.61 Å². The van der Waals surface area contributed by atoms with Gasteiger partial charge in [0.05, 0.1) is 6.61 Å². The van der Waals surface area contributed by atoms with Crippen LogP contribution in [0.2, 0.25) is 0 Å². The molecule has 0 aromatic heterocycles. The van der Waals surface area contributed by atoms with Gasteiger partial charge in [-0.25, -0.2) is 5.48 Å². The number of carbonyl (C=O) groups is 1. The molecule has 142 valence electrons. The van der Waals surface area contributed by atoms with Gasteiger partial charge in [-0.3, -0.25) is 10.0 Å². The Morgan fingerprint density at radius 3 is 1.96 bits per heavy atom. The van der Waals surface area contributed by atoms with E-state index in [0.717, 1.165) is 38.5 Å². The van der Waals surface area contributed by atoms with E-state index in [2.05, 4.69) is 0 Å². The summed E-state index contributed by atoms with van der Waals surface area (Å²) in [5.74, 6) is 0.101. The van der Waals surface area contributed by atoms with Gasteiger partial charge in [0.15, 0.2) is 0 Å². The third-order valence-corrected chi connectivity index (χ3v) is 3.84. The highest BCUT2D eigenvalue weighted by atomic mass is 19.4. The number of hydrogen-bond donors (Lipinski definition) is 2. The molecule has 1 aromatic rings. The average Bonchev–Trinajstić information content (AvgIpc) is 2.58. The molecule has 0 fully saturated rings. The molecule has 1 rings (SSSR count). The molecule has 0 aliphatic carbocycles. The van der Waals surface area contributed by atoms with Crippen molar-refractivity contribution in [3.63, 3.8) is 0 Å². The van der Waals surface area contributed by atoms with Crippen molar-refractivity contribution in [3.05, 3.63) is 29.8 Å². The number of unbranched alkanes of at least 4 members (excludes halogenated alkanes) is 7. The number of benzene rings is 1. The number of hydrogen-bond acceptors (Lipinski definition) is 3. The van der Waals surface area contributed by atoms with Crippen LogP contribution in [0.4, 0.5) is 13.2 Å². The van der Waals surface area contributed by atoms with Crippen molar-refractivity contribution in [1.82, 2.24) is 5.48 Å². The van der Waals surface area contributed by atoms with Crippen LogP contribution in [-0.2, 0) is 0 Å². The highest BCUT2D eigenvalue weighted by Crippen LogP contribution is 2.23. The first kappa shape index (κ1) is 21.3. The largest absolute Gasteiger partial charge is 0.494 e. The van der Waals surface area contributed by atoms with E-state index >= 15 is 0 Å². The molecule has 4 nitrogen and oxygen atoms in total. The molecule has 0 heterocycles. The number of carbonyl (C=O) groups excluding carboxylic acids is 1. The van der Waals surface area contributed by atoms with Crippen molar-refractivity contribution in [2.45, 2.75) is 64.0 Å². The molecule has 0 unspecified atom stereocenters. The second kappa shape index (κ2) is 11.7. The topological polar surface area (TPSA) is 58.6 Å². The average molecular weight is 361 g/mol. The Morgan fingerprint density at radius 2 is 1.44 bits per heavy atom. The Bertz CT molecular complexity index is 489. The van der Waals surface area contributed by atoms with Gasteiger partial charge in [-0.05, 0) is 37.1 Å². The van der Waals surface area contributed by atoms with Crippen LogP contribution in [0, 0.1) is 0 Å². The Labute approximate surface area is 146 Å². The van der Waals surface area contributed by atoms with Crippen LogP contribution in [0.3, 0.4) is 0 Å². The molecule has 7 heteroatoms. The second-order valence-electron chi connectivity index (χ2n) is 6.01. The van der Waals surface area contributed by atoms with E-state index < -0.39 is 18.5 Å². The van der Waals surface area contributed by atoms with Gasteiger partial charge in [0.1, 0.15) is 5.75 Å². The standard InChI is InChI=1S/C18H26F3NO3/c19-18(20,21)13-7-5-3-1-2-4-6-8-14-25-16-11-9-15(10-12-16)17(23)22-24/h9-12,24H,1-8,13-14H2,(H,22,23). The van der Waals surface area contributed by atoms with Crippen LogP contribution in [0.15, 0.2) is 24.3 Å². The zero-order chi connectivity index (χ0) is 18.5. The first-order valence-corrected chi connectivity index (χ1v) is 8.66. The summed E-state index contributed by atoms with van der Waals surface area (Å²) in [6.45, 7) is 0.580. The molecule has 2 N–H and O–H groups in total. The fourth-order valence-corrected chi connectivity index (χ4v) is 2.45. The molecule has 0 bridgehead atoms. The Kier molecular flexibility index (Phi) is 9.99. The number of alkyl halides is 3.